The van der Waals surface area contributed by atoms with Crippen LogP contribution >= 0.6 is 31.9 Å². The standard InChI is InChI=1S/C15H13Br2NO/c1-10-5-6-13(17)14(7-10)18-15(19)9-11-3-2-4-12(16)8-11/h2-8H,9H2,1H3,(H,18,19). The SMILES string of the molecule is Cc1ccc(Br)c(NC(=O)Cc2cccc(Br)c2)c1. The summed E-state index contributed by atoms with van der Waals surface area (Å²) in [5.41, 5.74) is 2.90. The molecule has 98 valence electrons. The maximum Gasteiger partial charge on any atom is 0.228 e. The average Bonchev–Trinajstić information content (AvgIpc) is 2.34. The second-order valence-corrected chi connectivity index (χ2v) is 6.11. The highest BCUT2D eigenvalue weighted by Crippen LogP contribution is 2.23. The topological polar surface area (TPSA) is 29.1 Å². The van der Waals surface area contributed by atoms with E-state index in [1.54, 1.807) is 0 Å². The van der Waals surface area contributed by atoms with Gasteiger partial charge in [0, 0.05) is 8.95 Å². The molecular weight excluding hydrogens is 370 g/mol. The van der Waals surface area contributed by atoms with Crippen molar-refractivity contribution in [2.24, 2.45) is 0 Å². The number of nitrogens with one attached hydrogen (secondary N) is 1. The number of rotatable bonds is 3. The molecule has 1 N–H and O–H groups in total. The monoisotopic (exact) mass is 381 g/mol. The molecule has 0 saturated heterocycles. The molecule has 1 amide bonds. The summed E-state index contributed by atoms with van der Waals surface area (Å²) in [5, 5.41) is 2.92. The fourth-order valence-corrected chi connectivity index (χ4v) is 2.55. The molecule has 0 spiro atoms. The Labute approximate surface area is 129 Å². The van der Waals surface area contributed by atoms with Crippen molar-refractivity contribution in [2.45, 2.75) is 13.3 Å². The molecule has 0 unspecified atom stereocenters. The number of hydrogen-bond acceptors (Lipinski definition) is 1. The van der Waals surface area contributed by atoms with Crippen LogP contribution in [0.2, 0.25) is 0 Å². The Hall–Kier alpha value is -1.13. The van der Waals surface area contributed by atoms with Crippen LogP contribution in [-0.4, -0.2) is 5.91 Å². The van der Waals surface area contributed by atoms with Crippen molar-refractivity contribution in [3.63, 3.8) is 0 Å². The third kappa shape index (κ3) is 4.18. The number of halogens is 2. The van der Waals surface area contributed by atoms with Gasteiger partial charge in [-0.2, -0.15) is 0 Å². The van der Waals surface area contributed by atoms with E-state index in [4.69, 9.17) is 0 Å². The van der Waals surface area contributed by atoms with Gasteiger partial charge in [0.15, 0.2) is 0 Å². The highest BCUT2D eigenvalue weighted by molar-refractivity contribution is 9.10. The number of carbonyl (C=O) groups excluding carboxylic acids is 1. The van der Waals surface area contributed by atoms with E-state index in [2.05, 4.69) is 37.2 Å². The Morgan fingerprint density at radius 3 is 2.68 bits per heavy atom. The largest absolute Gasteiger partial charge is 0.325 e. The van der Waals surface area contributed by atoms with Crippen molar-refractivity contribution in [3.8, 4) is 0 Å². The van der Waals surface area contributed by atoms with Crippen LogP contribution < -0.4 is 5.32 Å². The van der Waals surface area contributed by atoms with Crippen molar-refractivity contribution in [1.29, 1.82) is 0 Å². The summed E-state index contributed by atoms with van der Waals surface area (Å²) in [7, 11) is 0. The molecule has 2 aromatic rings. The Balaban J connectivity index is 2.07. The predicted molar refractivity (Wildman–Crippen MR) is 85.4 cm³/mol. The summed E-state index contributed by atoms with van der Waals surface area (Å²) in [5.74, 6) is -0.0237. The first kappa shape index (κ1) is 14.3. The normalized spacial score (nSPS) is 10.3. The minimum Gasteiger partial charge on any atom is -0.325 e. The van der Waals surface area contributed by atoms with E-state index in [0.717, 1.165) is 25.8 Å². The Kier molecular flexibility index (Phi) is 4.77. The zero-order valence-electron chi connectivity index (χ0n) is 10.4. The fraction of sp³-hybridized carbons (Fsp3) is 0.133. The third-order valence-corrected chi connectivity index (χ3v) is 3.83. The van der Waals surface area contributed by atoms with Crippen LogP contribution in [0.4, 0.5) is 5.69 Å². The van der Waals surface area contributed by atoms with Gasteiger partial charge in [-0.25, -0.2) is 0 Å². The van der Waals surface area contributed by atoms with Gasteiger partial charge in [0.2, 0.25) is 5.91 Å². The van der Waals surface area contributed by atoms with Gasteiger partial charge in [0.25, 0.3) is 0 Å². The summed E-state index contributed by atoms with van der Waals surface area (Å²) >= 11 is 6.83. The lowest BCUT2D eigenvalue weighted by Crippen LogP contribution is -2.14. The minimum absolute atomic E-state index is 0.0237. The molecule has 0 bridgehead atoms. The molecule has 2 aromatic carbocycles. The minimum atomic E-state index is -0.0237. The quantitative estimate of drug-likeness (QED) is 0.818. The van der Waals surface area contributed by atoms with Crippen molar-refractivity contribution < 1.29 is 4.79 Å². The Morgan fingerprint density at radius 2 is 1.95 bits per heavy atom. The molecule has 2 nitrogen and oxygen atoms in total. The fourth-order valence-electron chi connectivity index (χ4n) is 1.76. The number of anilines is 1. The van der Waals surface area contributed by atoms with E-state index < -0.39 is 0 Å². The molecule has 0 aliphatic carbocycles. The lowest BCUT2D eigenvalue weighted by Gasteiger charge is -2.08. The van der Waals surface area contributed by atoms with E-state index in [1.165, 1.54) is 0 Å². The molecule has 2 rings (SSSR count). The van der Waals surface area contributed by atoms with Gasteiger partial charge >= 0.3 is 0 Å². The zero-order valence-corrected chi connectivity index (χ0v) is 13.6. The van der Waals surface area contributed by atoms with Gasteiger partial charge in [-0.05, 0) is 58.2 Å². The van der Waals surface area contributed by atoms with Crippen molar-refractivity contribution in [1.82, 2.24) is 0 Å². The van der Waals surface area contributed by atoms with E-state index in [-0.39, 0.29) is 5.91 Å². The zero-order chi connectivity index (χ0) is 13.8. The maximum atomic E-state index is 12.0. The third-order valence-electron chi connectivity index (χ3n) is 2.65. The Morgan fingerprint density at radius 1 is 1.16 bits per heavy atom. The van der Waals surface area contributed by atoms with Gasteiger partial charge in [-0.1, -0.05) is 34.1 Å². The van der Waals surface area contributed by atoms with Crippen LogP contribution in [0, 0.1) is 6.92 Å². The lowest BCUT2D eigenvalue weighted by molar-refractivity contribution is -0.115. The number of benzene rings is 2. The predicted octanol–water partition coefficient (Wildman–Crippen LogP) is 4.70. The van der Waals surface area contributed by atoms with E-state index in [9.17, 15) is 4.79 Å². The van der Waals surface area contributed by atoms with Crippen molar-refractivity contribution in [2.75, 3.05) is 5.32 Å². The van der Waals surface area contributed by atoms with Crippen LogP contribution in [0.25, 0.3) is 0 Å². The number of aryl methyl sites for hydroxylation is 1. The Bertz CT molecular complexity index is 611. The smallest absolute Gasteiger partial charge is 0.228 e. The van der Waals surface area contributed by atoms with E-state index in [0.29, 0.717) is 6.42 Å². The van der Waals surface area contributed by atoms with Gasteiger partial charge in [0.1, 0.15) is 0 Å². The molecule has 0 saturated carbocycles. The second kappa shape index (κ2) is 6.35. The molecule has 19 heavy (non-hydrogen) atoms. The average molecular weight is 383 g/mol. The lowest BCUT2D eigenvalue weighted by atomic mass is 10.1. The van der Waals surface area contributed by atoms with Crippen molar-refractivity contribution in [3.05, 3.63) is 62.5 Å². The molecule has 0 aromatic heterocycles. The second-order valence-electron chi connectivity index (χ2n) is 4.34. The van der Waals surface area contributed by atoms with Gasteiger partial charge in [0.05, 0.1) is 12.1 Å². The maximum absolute atomic E-state index is 12.0. The summed E-state index contributed by atoms with van der Waals surface area (Å²) in [4.78, 5) is 12.0. The van der Waals surface area contributed by atoms with Crippen LogP contribution in [0.1, 0.15) is 11.1 Å². The first-order chi connectivity index (χ1) is 9.04. The number of carbonyl (C=O) groups is 1. The van der Waals surface area contributed by atoms with E-state index in [1.807, 2.05) is 49.4 Å². The van der Waals surface area contributed by atoms with Gasteiger partial charge < -0.3 is 5.32 Å². The summed E-state index contributed by atoms with van der Waals surface area (Å²) in [6.45, 7) is 2.00. The summed E-state index contributed by atoms with van der Waals surface area (Å²) in [6, 6.07) is 13.6. The highest BCUT2D eigenvalue weighted by Gasteiger charge is 2.07. The first-order valence-corrected chi connectivity index (χ1v) is 7.43. The molecule has 0 atom stereocenters. The molecule has 0 heterocycles. The van der Waals surface area contributed by atoms with Crippen LogP contribution in [-0.2, 0) is 11.2 Å². The molecule has 0 radical (unpaired) electrons. The number of hydrogen-bond donors (Lipinski definition) is 1. The molecule has 0 aliphatic heterocycles. The molecule has 4 heteroatoms. The molecular formula is C15H13Br2NO. The van der Waals surface area contributed by atoms with Crippen LogP contribution in [0.3, 0.4) is 0 Å². The van der Waals surface area contributed by atoms with Gasteiger partial charge in [-0.15, -0.1) is 0 Å². The number of amides is 1. The van der Waals surface area contributed by atoms with Crippen LogP contribution in [0.5, 0.6) is 0 Å². The molecule has 0 fully saturated rings. The summed E-state index contributed by atoms with van der Waals surface area (Å²) in [6.07, 6.45) is 0.361. The summed E-state index contributed by atoms with van der Waals surface area (Å²) < 4.78 is 1.87. The van der Waals surface area contributed by atoms with Gasteiger partial charge in [-0.3, -0.25) is 4.79 Å². The van der Waals surface area contributed by atoms with E-state index >= 15 is 0 Å². The highest BCUT2D eigenvalue weighted by atomic mass is 79.9. The first-order valence-electron chi connectivity index (χ1n) is 5.85. The molecule has 0 aliphatic rings. The van der Waals surface area contributed by atoms with Crippen LogP contribution in [0.15, 0.2) is 51.4 Å². The van der Waals surface area contributed by atoms with Crippen molar-refractivity contribution >= 4 is 43.5 Å².